The molecule has 1 aromatic carbocycles. The van der Waals surface area contributed by atoms with Crippen molar-refractivity contribution in [2.45, 2.75) is 44.2 Å². The highest BCUT2D eigenvalue weighted by Gasteiger charge is 2.44. The van der Waals surface area contributed by atoms with Gasteiger partial charge in [-0.1, -0.05) is 42.5 Å². The third kappa shape index (κ3) is 3.91. The third-order valence-electron chi connectivity index (χ3n) is 5.27. The lowest BCUT2D eigenvalue weighted by molar-refractivity contribution is 0.302. The van der Waals surface area contributed by atoms with E-state index in [0.717, 1.165) is 21.8 Å². The molecule has 0 fully saturated rings. The number of nitrogens with two attached hydrogens (primary N) is 1. The number of hydrogen-bond donors (Lipinski definition) is 1. The Morgan fingerprint density at radius 1 is 1.03 bits per heavy atom. The summed E-state index contributed by atoms with van der Waals surface area (Å²) in [6.45, 7) is 6.29. The van der Waals surface area contributed by atoms with Crippen LogP contribution in [0.1, 0.15) is 48.5 Å². The number of rotatable bonds is 6. The molecule has 0 aliphatic carbocycles. The Bertz CT molecular complexity index is 1070. The SMILES string of the molecule is CC(C)(C)n1nnnc1C(c1cccs1)C(N)(Cc1ccccc1)c1cccnc1. The standard InChI is InChI=1S/C23H26N6S/c1-22(2,3)29-21(26-27-28-29)20(19-12-8-14-30-19)23(24,18-11-7-13-25-16-18)15-17-9-5-4-6-10-17/h4-14,16,20H,15,24H2,1-3H3. The second-order valence-corrected chi connectivity index (χ2v) is 9.49. The van der Waals surface area contributed by atoms with Crippen LogP contribution in [0.4, 0.5) is 0 Å². The average Bonchev–Trinajstić information content (AvgIpc) is 3.42. The van der Waals surface area contributed by atoms with E-state index in [2.05, 4.69) is 64.9 Å². The summed E-state index contributed by atoms with van der Waals surface area (Å²) in [6.07, 6.45) is 4.25. The lowest BCUT2D eigenvalue weighted by atomic mass is 9.73. The number of thiophene rings is 1. The summed E-state index contributed by atoms with van der Waals surface area (Å²) < 4.78 is 1.89. The maximum atomic E-state index is 7.35. The fourth-order valence-electron chi connectivity index (χ4n) is 3.86. The number of aromatic nitrogens is 5. The topological polar surface area (TPSA) is 82.5 Å². The van der Waals surface area contributed by atoms with Crippen LogP contribution in [-0.2, 0) is 17.5 Å². The van der Waals surface area contributed by atoms with Gasteiger partial charge >= 0.3 is 0 Å². The Balaban J connectivity index is 1.94. The first kappa shape index (κ1) is 20.4. The zero-order valence-electron chi connectivity index (χ0n) is 17.4. The first-order valence-corrected chi connectivity index (χ1v) is 10.8. The Hall–Kier alpha value is -2.90. The van der Waals surface area contributed by atoms with Crippen molar-refractivity contribution in [2.24, 2.45) is 5.73 Å². The molecule has 0 amide bonds. The number of benzene rings is 1. The van der Waals surface area contributed by atoms with Crippen LogP contribution < -0.4 is 5.73 Å². The van der Waals surface area contributed by atoms with E-state index in [9.17, 15) is 0 Å². The first-order chi connectivity index (χ1) is 14.4. The van der Waals surface area contributed by atoms with E-state index in [1.54, 1.807) is 17.5 Å². The zero-order chi connectivity index (χ0) is 21.2. The highest BCUT2D eigenvalue weighted by molar-refractivity contribution is 7.10. The summed E-state index contributed by atoms with van der Waals surface area (Å²) in [6, 6.07) is 18.4. The van der Waals surface area contributed by atoms with Crippen LogP contribution in [0.25, 0.3) is 0 Å². The minimum absolute atomic E-state index is 0.240. The van der Waals surface area contributed by atoms with Crippen molar-refractivity contribution >= 4 is 11.3 Å². The van der Waals surface area contributed by atoms with Crippen molar-refractivity contribution in [1.29, 1.82) is 0 Å². The number of tetrazole rings is 1. The molecule has 7 heteroatoms. The molecule has 4 aromatic rings. The Morgan fingerprint density at radius 3 is 2.47 bits per heavy atom. The van der Waals surface area contributed by atoms with Crippen LogP contribution in [0, 0.1) is 0 Å². The molecule has 3 heterocycles. The first-order valence-electron chi connectivity index (χ1n) is 9.95. The van der Waals surface area contributed by atoms with Gasteiger partial charge in [-0.3, -0.25) is 4.98 Å². The fraction of sp³-hybridized carbons (Fsp3) is 0.304. The van der Waals surface area contributed by atoms with Crippen LogP contribution in [-0.4, -0.2) is 25.2 Å². The van der Waals surface area contributed by atoms with Gasteiger partial charge in [-0.25, -0.2) is 4.68 Å². The molecule has 2 atom stereocenters. The average molecular weight is 419 g/mol. The van der Waals surface area contributed by atoms with Crippen LogP contribution >= 0.6 is 11.3 Å². The Kier molecular flexibility index (Phi) is 5.49. The molecule has 2 N–H and O–H groups in total. The van der Waals surface area contributed by atoms with Crippen molar-refractivity contribution in [3.8, 4) is 0 Å². The normalized spacial score (nSPS) is 14.9. The number of pyridine rings is 1. The van der Waals surface area contributed by atoms with E-state index in [4.69, 9.17) is 5.73 Å². The molecular weight excluding hydrogens is 392 g/mol. The minimum atomic E-state index is -0.793. The maximum absolute atomic E-state index is 7.35. The summed E-state index contributed by atoms with van der Waals surface area (Å²) in [5.74, 6) is 0.517. The monoisotopic (exact) mass is 418 g/mol. The molecule has 0 radical (unpaired) electrons. The van der Waals surface area contributed by atoms with Crippen molar-refractivity contribution in [1.82, 2.24) is 25.2 Å². The Labute approximate surface area is 180 Å². The molecule has 30 heavy (non-hydrogen) atoms. The summed E-state index contributed by atoms with van der Waals surface area (Å²) in [7, 11) is 0. The van der Waals surface area contributed by atoms with Crippen LogP contribution in [0.3, 0.4) is 0 Å². The van der Waals surface area contributed by atoms with Gasteiger partial charge in [-0.15, -0.1) is 16.4 Å². The predicted octanol–water partition coefficient (Wildman–Crippen LogP) is 4.11. The van der Waals surface area contributed by atoms with Crippen molar-refractivity contribution in [2.75, 3.05) is 0 Å². The molecule has 6 nitrogen and oxygen atoms in total. The Morgan fingerprint density at radius 2 is 1.83 bits per heavy atom. The fourth-order valence-corrected chi connectivity index (χ4v) is 4.78. The number of hydrogen-bond acceptors (Lipinski definition) is 6. The molecule has 0 saturated carbocycles. The lowest BCUT2D eigenvalue weighted by Gasteiger charge is -2.38. The molecule has 0 spiro atoms. The van der Waals surface area contributed by atoms with Crippen molar-refractivity contribution in [3.63, 3.8) is 0 Å². The van der Waals surface area contributed by atoms with Crippen LogP contribution in [0.15, 0.2) is 72.4 Å². The van der Waals surface area contributed by atoms with E-state index >= 15 is 0 Å². The molecule has 0 bridgehead atoms. The van der Waals surface area contributed by atoms with Gasteiger partial charge in [0, 0.05) is 17.3 Å². The van der Waals surface area contributed by atoms with Gasteiger partial charge in [0.2, 0.25) is 0 Å². The van der Waals surface area contributed by atoms with Gasteiger partial charge in [0.25, 0.3) is 0 Å². The van der Waals surface area contributed by atoms with Gasteiger partial charge < -0.3 is 5.73 Å². The second-order valence-electron chi connectivity index (χ2n) is 8.51. The van der Waals surface area contributed by atoms with E-state index in [1.807, 2.05) is 47.3 Å². The smallest absolute Gasteiger partial charge is 0.162 e. The maximum Gasteiger partial charge on any atom is 0.162 e. The molecule has 3 aromatic heterocycles. The van der Waals surface area contributed by atoms with Crippen molar-refractivity contribution in [3.05, 3.63) is 94.2 Å². The van der Waals surface area contributed by atoms with Gasteiger partial charge in [0.1, 0.15) is 0 Å². The van der Waals surface area contributed by atoms with E-state index < -0.39 is 5.54 Å². The predicted molar refractivity (Wildman–Crippen MR) is 119 cm³/mol. The number of nitrogens with zero attached hydrogens (tertiary/aromatic N) is 5. The molecule has 4 rings (SSSR count). The summed E-state index contributed by atoms with van der Waals surface area (Å²) in [4.78, 5) is 5.50. The minimum Gasteiger partial charge on any atom is -0.320 e. The highest BCUT2D eigenvalue weighted by Crippen LogP contribution is 2.43. The zero-order valence-corrected chi connectivity index (χ0v) is 18.3. The lowest BCUT2D eigenvalue weighted by Crippen LogP contribution is -2.47. The van der Waals surface area contributed by atoms with Crippen molar-refractivity contribution < 1.29 is 0 Å². The summed E-state index contributed by atoms with van der Waals surface area (Å²) in [5, 5.41) is 14.9. The molecular formula is C23H26N6S. The molecule has 0 aliphatic rings. The third-order valence-corrected chi connectivity index (χ3v) is 6.21. The molecule has 2 unspecified atom stereocenters. The largest absolute Gasteiger partial charge is 0.320 e. The summed E-state index contributed by atoms with van der Waals surface area (Å²) >= 11 is 1.67. The van der Waals surface area contributed by atoms with E-state index in [-0.39, 0.29) is 11.5 Å². The second kappa shape index (κ2) is 8.08. The summed E-state index contributed by atoms with van der Waals surface area (Å²) in [5.41, 5.74) is 8.38. The van der Waals surface area contributed by atoms with Gasteiger partial charge in [0.15, 0.2) is 5.82 Å². The molecule has 0 saturated heterocycles. The quantitative estimate of drug-likeness (QED) is 0.509. The molecule has 0 aliphatic heterocycles. The van der Waals surface area contributed by atoms with Gasteiger partial charge in [-0.05, 0) is 66.3 Å². The highest BCUT2D eigenvalue weighted by atomic mass is 32.1. The van der Waals surface area contributed by atoms with E-state index in [1.165, 1.54) is 0 Å². The van der Waals surface area contributed by atoms with Crippen LogP contribution in [0.2, 0.25) is 0 Å². The van der Waals surface area contributed by atoms with Gasteiger partial charge in [-0.2, -0.15) is 0 Å². The van der Waals surface area contributed by atoms with Gasteiger partial charge in [0.05, 0.1) is 17.0 Å². The van der Waals surface area contributed by atoms with Crippen LogP contribution in [0.5, 0.6) is 0 Å². The molecule has 154 valence electrons. The van der Waals surface area contributed by atoms with E-state index in [0.29, 0.717) is 6.42 Å².